The average molecular weight is 330 g/mol. The number of carbonyl (C=O) groups excluding carboxylic acids is 1. The van der Waals surface area contributed by atoms with Crippen LogP contribution in [0.5, 0.6) is 0 Å². The number of piperidine rings is 1. The van der Waals surface area contributed by atoms with Gasteiger partial charge in [0.15, 0.2) is 0 Å². The lowest BCUT2D eigenvalue weighted by molar-refractivity contribution is 0.0593. The zero-order valence-corrected chi connectivity index (χ0v) is 13.7. The molecule has 3 aliphatic heterocycles. The van der Waals surface area contributed by atoms with E-state index in [1.165, 1.54) is 10.6 Å². The molecule has 2 atom stereocenters. The molecule has 2 bridgehead atoms. The monoisotopic (exact) mass is 330 g/mol. The van der Waals surface area contributed by atoms with Gasteiger partial charge in [-0.3, -0.25) is 4.79 Å². The van der Waals surface area contributed by atoms with Crippen molar-refractivity contribution in [2.75, 3.05) is 25.9 Å². The van der Waals surface area contributed by atoms with Crippen molar-refractivity contribution in [3.05, 3.63) is 10.6 Å². The minimum atomic E-state index is -3.21. The van der Waals surface area contributed by atoms with E-state index in [-0.39, 0.29) is 17.9 Å². The predicted molar refractivity (Wildman–Crippen MR) is 78.6 cm³/mol. The first-order valence-corrected chi connectivity index (χ1v) is 9.53. The fourth-order valence-corrected chi connectivity index (χ4v) is 4.65. The summed E-state index contributed by atoms with van der Waals surface area (Å²) >= 11 is 1.11. The van der Waals surface area contributed by atoms with Crippen molar-refractivity contribution in [1.29, 1.82) is 0 Å². The summed E-state index contributed by atoms with van der Waals surface area (Å²) in [6, 6.07) is -0.0486. The number of hydrogen-bond acceptors (Lipinski definition) is 6. The SMILES string of the molecule is Cc1nnsc1C(=O)N1C[C@H]2CC[C@@H]1CN(S(C)(=O)=O)C2. The Hall–Kier alpha value is -1.06. The van der Waals surface area contributed by atoms with Crippen molar-refractivity contribution >= 4 is 27.5 Å². The van der Waals surface area contributed by atoms with Crippen LogP contribution in [0.4, 0.5) is 0 Å². The minimum Gasteiger partial charge on any atom is -0.333 e. The van der Waals surface area contributed by atoms with Gasteiger partial charge in [0, 0.05) is 25.7 Å². The number of rotatable bonds is 2. The van der Waals surface area contributed by atoms with Gasteiger partial charge in [-0.05, 0) is 37.2 Å². The van der Waals surface area contributed by atoms with E-state index in [9.17, 15) is 13.2 Å². The largest absolute Gasteiger partial charge is 0.333 e. The molecule has 7 nitrogen and oxygen atoms in total. The second-order valence-corrected chi connectivity index (χ2v) is 8.56. The standard InChI is InChI=1S/C12H18N4O3S2/c1-8-11(20-14-13-8)12(17)16-6-9-3-4-10(16)7-15(5-9)21(2,18)19/h9-10H,3-7H2,1-2H3/t9-,10+/m0/s1. The normalized spacial score (nSPS) is 26.9. The van der Waals surface area contributed by atoms with Gasteiger partial charge in [0.1, 0.15) is 4.88 Å². The van der Waals surface area contributed by atoms with Gasteiger partial charge in [0.2, 0.25) is 10.0 Å². The quantitative estimate of drug-likeness (QED) is 0.781. The Bertz CT molecular complexity index is 657. The molecular weight excluding hydrogens is 312 g/mol. The summed E-state index contributed by atoms with van der Waals surface area (Å²) < 4.78 is 29.0. The minimum absolute atomic E-state index is 0.0486. The van der Waals surface area contributed by atoms with E-state index in [2.05, 4.69) is 9.59 Å². The number of amides is 1. The highest BCUT2D eigenvalue weighted by atomic mass is 32.2. The van der Waals surface area contributed by atoms with E-state index < -0.39 is 10.0 Å². The third-order valence-electron chi connectivity index (χ3n) is 4.26. The van der Waals surface area contributed by atoms with Gasteiger partial charge in [0.25, 0.3) is 5.91 Å². The average Bonchev–Trinajstić information content (AvgIpc) is 2.64. The Morgan fingerprint density at radius 2 is 2.05 bits per heavy atom. The predicted octanol–water partition coefficient (Wildman–Crippen LogP) is 0.343. The van der Waals surface area contributed by atoms with Crippen LogP contribution in [0.2, 0.25) is 0 Å². The lowest BCUT2D eigenvalue weighted by atomic mass is 9.95. The third kappa shape index (κ3) is 2.82. The maximum absolute atomic E-state index is 12.7. The molecule has 3 aliphatic rings. The number of hydrogen-bond donors (Lipinski definition) is 0. The molecular formula is C12H18N4O3S2. The Morgan fingerprint density at radius 1 is 1.29 bits per heavy atom. The first-order chi connectivity index (χ1) is 9.86. The van der Waals surface area contributed by atoms with Crippen LogP contribution in [0.25, 0.3) is 0 Å². The van der Waals surface area contributed by atoms with E-state index in [0.29, 0.717) is 30.2 Å². The van der Waals surface area contributed by atoms with Crippen LogP contribution in [0.3, 0.4) is 0 Å². The van der Waals surface area contributed by atoms with Crippen LogP contribution in [0.15, 0.2) is 0 Å². The van der Waals surface area contributed by atoms with Gasteiger partial charge in [0.05, 0.1) is 11.9 Å². The highest BCUT2D eigenvalue weighted by Gasteiger charge is 2.40. The Kier molecular flexibility index (Phi) is 3.74. The summed E-state index contributed by atoms with van der Waals surface area (Å²) in [5, 5.41) is 3.89. The van der Waals surface area contributed by atoms with Gasteiger partial charge in [-0.15, -0.1) is 5.10 Å². The molecule has 0 N–H and O–H groups in total. The summed E-state index contributed by atoms with van der Waals surface area (Å²) in [6.45, 7) is 3.30. The molecule has 9 heteroatoms. The number of sulfonamides is 1. The molecule has 4 heterocycles. The van der Waals surface area contributed by atoms with Crippen LogP contribution in [-0.2, 0) is 10.0 Å². The van der Waals surface area contributed by atoms with Gasteiger partial charge < -0.3 is 4.90 Å². The second kappa shape index (κ2) is 5.29. The molecule has 0 aliphatic carbocycles. The first kappa shape index (κ1) is 14.9. The number of nitrogens with zero attached hydrogens (tertiary/aromatic N) is 4. The molecule has 0 unspecified atom stereocenters. The first-order valence-electron chi connectivity index (χ1n) is 6.91. The second-order valence-electron chi connectivity index (χ2n) is 5.82. The molecule has 1 aromatic rings. The Morgan fingerprint density at radius 3 is 2.67 bits per heavy atom. The fourth-order valence-electron chi connectivity index (χ4n) is 3.12. The summed E-state index contributed by atoms with van der Waals surface area (Å²) in [7, 11) is -3.21. The van der Waals surface area contributed by atoms with Gasteiger partial charge in [-0.25, -0.2) is 8.42 Å². The Labute approximate surface area is 128 Å². The van der Waals surface area contributed by atoms with Crippen LogP contribution in [0, 0.1) is 12.8 Å². The van der Waals surface area contributed by atoms with Crippen molar-refractivity contribution in [1.82, 2.24) is 18.8 Å². The maximum Gasteiger partial charge on any atom is 0.267 e. The van der Waals surface area contributed by atoms with Gasteiger partial charge in [-0.1, -0.05) is 4.49 Å². The molecule has 4 rings (SSSR count). The number of carbonyl (C=O) groups is 1. The van der Waals surface area contributed by atoms with E-state index in [1.54, 1.807) is 6.92 Å². The number of fused-ring (bicyclic) bond motifs is 4. The van der Waals surface area contributed by atoms with E-state index in [1.807, 2.05) is 4.90 Å². The molecule has 1 aromatic heterocycles. The van der Waals surface area contributed by atoms with Crippen molar-refractivity contribution in [2.45, 2.75) is 25.8 Å². The molecule has 116 valence electrons. The molecule has 3 saturated heterocycles. The van der Waals surface area contributed by atoms with Crippen molar-refractivity contribution in [2.24, 2.45) is 5.92 Å². The molecule has 0 radical (unpaired) electrons. The summed E-state index contributed by atoms with van der Waals surface area (Å²) in [5.41, 5.74) is 0.644. The van der Waals surface area contributed by atoms with Crippen molar-refractivity contribution in [3.63, 3.8) is 0 Å². The van der Waals surface area contributed by atoms with E-state index >= 15 is 0 Å². The number of aryl methyl sites for hydroxylation is 1. The van der Waals surface area contributed by atoms with E-state index in [0.717, 1.165) is 24.4 Å². The van der Waals surface area contributed by atoms with Crippen LogP contribution in [0.1, 0.15) is 28.2 Å². The van der Waals surface area contributed by atoms with Gasteiger partial charge in [-0.2, -0.15) is 4.31 Å². The lowest BCUT2D eigenvalue weighted by Crippen LogP contribution is -2.47. The molecule has 0 aromatic carbocycles. The van der Waals surface area contributed by atoms with Crippen molar-refractivity contribution < 1.29 is 13.2 Å². The zero-order chi connectivity index (χ0) is 15.2. The zero-order valence-electron chi connectivity index (χ0n) is 12.0. The fraction of sp³-hybridized carbons (Fsp3) is 0.750. The molecule has 3 fully saturated rings. The lowest BCUT2D eigenvalue weighted by Gasteiger charge is -2.35. The summed E-state index contributed by atoms with van der Waals surface area (Å²) in [5.74, 6) is 0.149. The smallest absolute Gasteiger partial charge is 0.267 e. The maximum atomic E-state index is 12.7. The highest BCUT2D eigenvalue weighted by molar-refractivity contribution is 7.88. The summed E-state index contributed by atoms with van der Waals surface area (Å²) in [4.78, 5) is 15.1. The van der Waals surface area contributed by atoms with E-state index in [4.69, 9.17) is 0 Å². The topological polar surface area (TPSA) is 83.5 Å². The third-order valence-corrected chi connectivity index (χ3v) is 6.31. The summed E-state index contributed by atoms with van der Waals surface area (Å²) in [6.07, 6.45) is 3.06. The highest BCUT2D eigenvalue weighted by Crippen LogP contribution is 2.30. The van der Waals surface area contributed by atoms with Crippen LogP contribution >= 0.6 is 11.5 Å². The molecule has 0 spiro atoms. The number of aromatic nitrogens is 2. The van der Waals surface area contributed by atoms with Crippen LogP contribution < -0.4 is 0 Å². The van der Waals surface area contributed by atoms with Crippen molar-refractivity contribution in [3.8, 4) is 0 Å². The Balaban J connectivity index is 1.86. The molecule has 0 saturated carbocycles. The van der Waals surface area contributed by atoms with Crippen LogP contribution in [-0.4, -0.2) is 65.0 Å². The molecule has 21 heavy (non-hydrogen) atoms. The van der Waals surface area contributed by atoms with Gasteiger partial charge >= 0.3 is 0 Å². The molecule has 1 amide bonds.